The third-order valence-electron chi connectivity index (χ3n) is 4.35. The number of para-hydroxylation sites is 1. The van der Waals surface area contributed by atoms with Crippen LogP contribution in [-0.4, -0.2) is 20.3 Å². The van der Waals surface area contributed by atoms with E-state index in [4.69, 9.17) is 19.9 Å². The molecule has 0 spiro atoms. The highest BCUT2D eigenvalue weighted by molar-refractivity contribution is 7.16. The lowest BCUT2D eigenvalue weighted by Crippen LogP contribution is -2.03. The fourth-order valence-electron chi connectivity index (χ4n) is 3.07. The van der Waals surface area contributed by atoms with Crippen molar-refractivity contribution < 1.29 is 14.2 Å². The third-order valence-corrected chi connectivity index (χ3v) is 5.49. The van der Waals surface area contributed by atoms with Crippen molar-refractivity contribution in [2.45, 2.75) is 13.0 Å². The summed E-state index contributed by atoms with van der Waals surface area (Å²) in [6, 6.07) is 16.3. The molecule has 26 heavy (non-hydrogen) atoms. The Morgan fingerprint density at radius 2 is 1.88 bits per heavy atom. The van der Waals surface area contributed by atoms with Crippen LogP contribution in [0, 0.1) is 0 Å². The molecule has 4 rings (SSSR count). The number of ether oxygens (including phenoxy) is 3. The maximum absolute atomic E-state index is 6.22. The van der Waals surface area contributed by atoms with Crippen LogP contribution in [0.15, 0.2) is 48.5 Å². The summed E-state index contributed by atoms with van der Waals surface area (Å²) in [6.07, 6.45) is 0.879. The Bertz CT molecular complexity index is 919. The average Bonchev–Trinajstić information content (AvgIpc) is 3.04. The van der Waals surface area contributed by atoms with Crippen molar-refractivity contribution in [3.05, 3.63) is 53.4 Å². The first kappa shape index (κ1) is 17.1. The molecule has 0 fully saturated rings. The summed E-state index contributed by atoms with van der Waals surface area (Å²) < 4.78 is 17.4. The third kappa shape index (κ3) is 3.21. The van der Waals surface area contributed by atoms with Crippen LogP contribution in [0.1, 0.15) is 11.3 Å². The van der Waals surface area contributed by atoms with E-state index in [1.54, 1.807) is 18.4 Å². The standard InChI is InChI=1S/C21H21NO3S/c1-23-14-7-8-17-20(11-14)25-19-6-3-2-5-16(19)18-12-15(26-21(17)18)13-24-10-4-9-22/h2-3,5-8,11-12H,4,9-10,13,22H2,1H3. The lowest BCUT2D eigenvalue weighted by Gasteiger charge is -2.10. The first-order chi connectivity index (χ1) is 12.8. The molecule has 3 aromatic rings. The molecule has 2 heterocycles. The molecule has 0 saturated carbocycles. The highest BCUT2D eigenvalue weighted by Gasteiger charge is 2.23. The topological polar surface area (TPSA) is 53.7 Å². The minimum atomic E-state index is 0.603. The highest BCUT2D eigenvalue weighted by atomic mass is 32.1. The Labute approximate surface area is 157 Å². The average molecular weight is 367 g/mol. The summed E-state index contributed by atoms with van der Waals surface area (Å²) in [7, 11) is 1.67. The van der Waals surface area contributed by atoms with Gasteiger partial charge < -0.3 is 19.9 Å². The molecule has 134 valence electrons. The minimum absolute atomic E-state index is 0.603. The molecular weight excluding hydrogens is 346 g/mol. The molecule has 0 saturated heterocycles. The van der Waals surface area contributed by atoms with Crippen molar-refractivity contribution in [1.29, 1.82) is 0 Å². The second kappa shape index (κ2) is 7.50. The summed E-state index contributed by atoms with van der Waals surface area (Å²) >= 11 is 1.75. The van der Waals surface area contributed by atoms with Crippen LogP contribution < -0.4 is 15.2 Å². The highest BCUT2D eigenvalue weighted by Crippen LogP contribution is 2.50. The number of thiophene rings is 1. The molecule has 0 radical (unpaired) electrons. The SMILES string of the molecule is COc1ccc2c(c1)Oc1ccccc1-c1cc(COCCCN)sc1-2. The fraction of sp³-hybridized carbons (Fsp3) is 0.238. The van der Waals surface area contributed by atoms with Crippen LogP contribution in [0.5, 0.6) is 17.2 Å². The van der Waals surface area contributed by atoms with Crippen LogP contribution in [0.4, 0.5) is 0 Å². The van der Waals surface area contributed by atoms with E-state index < -0.39 is 0 Å². The van der Waals surface area contributed by atoms with E-state index in [0.717, 1.165) is 34.8 Å². The second-order valence-corrected chi connectivity index (χ2v) is 7.25. The Kier molecular flexibility index (Phi) is 4.93. The van der Waals surface area contributed by atoms with Crippen molar-refractivity contribution >= 4 is 11.3 Å². The van der Waals surface area contributed by atoms with Gasteiger partial charge in [-0.25, -0.2) is 0 Å². The Morgan fingerprint density at radius 1 is 1.00 bits per heavy atom. The molecule has 2 aromatic carbocycles. The molecule has 0 amide bonds. The number of fused-ring (bicyclic) bond motifs is 5. The summed E-state index contributed by atoms with van der Waals surface area (Å²) in [4.78, 5) is 2.40. The molecule has 1 aromatic heterocycles. The number of benzene rings is 2. The lowest BCUT2D eigenvalue weighted by atomic mass is 10.0. The van der Waals surface area contributed by atoms with Gasteiger partial charge in [-0.1, -0.05) is 18.2 Å². The molecule has 0 atom stereocenters. The zero-order valence-corrected chi connectivity index (χ0v) is 15.5. The van der Waals surface area contributed by atoms with Crippen molar-refractivity contribution in [2.24, 2.45) is 5.73 Å². The number of hydrogen-bond acceptors (Lipinski definition) is 5. The van der Waals surface area contributed by atoms with Gasteiger partial charge >= 0.3 is 0 Å². The summed E-state index contributed by atoms with van der Waals surface area (Å²) in [6.45, 7) is 1.94. The van der Waals surface area contributed by atoms with Crippen molar-refractivity contribution in [1.82, 2.24) is 0 Å². The smallest absolute Gasteiger partial charge is 0.139 e. The number of methoxy groups -OCH3 is 1. The van der Waals surface area contributed by atoms with Gasteiger partial charge in [0, 0.05) is 39.1 Å². The number of rotatable bonds is 6. The van der Waals surface area contributed by atoms with E-state index >= 15 is 0 Å². The minimum Gasteiger partial charge on any atom is -0.497 e. The van der Waals surface area contributed by atoms with Gasteiger partial charge in [-0.2, -0.15) is 0 Å². The molecule has 0 aliphatic carbocycles. The lowest BCUT2D eigenvalue weighted by molar-refractivity contribution is 0.122. The van der Waals surface area contributed by atoms with Gasteiger partial charge in [0.25, 0.3) is 0 Å². The maximum atomic E-state index is 6.22. The van der Waals surface area contributed by atoms with Crippen molar-refractivity contribution in [3.63, 3.8) is 0 Å². The van der Waals surface area contributed by atoms with Crippen LogP contribution in [0.25, 0.3) is 21.6 Å². The molecule has 0 unspecified atom stereocenters. The van der Waals surface area contributed by atoms with Gasteiger partial charge in [0.05, 0.1) is 13.7 Å². The molecule has 1 aliphatic heterocycles. The summed E-state index contributed by atoms with van der Waals surface area (Å²) in [5.74, 6) is 2.45. The quantitative estimate of drug-likeness (QED) is 0.484. The largest absolute Gasteiger partial charge is 0.497 e. The number of hydrogen-bond donors (Lipinski definition) is 1. The zero-order chi connectivity index (χ0) is 17.9. The van der Waals surface area contributed by atoms with E-state index in [9.17, 15) is 0 Å². The van der Waals surface area contributed by atoms with Gasteiger partial charge in [-0.15, -0.1) is 11.3 Å². The Hall–Kier alpha value is -2.34. The first-order valence-electron chi connectivity index (χ1n) is 8.66. The normalized spacial score (nSPS) is 11.8. The van der Waals surface area contributed by atoms with Crippen LogP contribution in [-0.2, 0) is 11.3 Å². The van der Waals surface area contributed by atoms with E-state index in [1.165, 1.54) is 15.3 Å². The Morgan fingerprint density at radius 3 is 2.73 bits per heavy atom. The van der Waals surface area contributed by atoms with Crippen LogP contribution in [0.3, 0.4) is 0 Å². The molecule has 4 nitrogen and oxygen atoms in total. The van der Waals surface area contributed by atoms with E-state index in [1.807, 2.05) is 30.3 Å². The molecule has 5 heteroatoms. The fourth-order valence-corrected chi connectivity index (χ4v) is 4.21. The Balaban J connectivity index is 1.78. The van der Waals surface area contributed by atoms with E-state index in [-0.39, 0.29) is 0 Å². The van der Waals surface area contributed by atoms with Gasteiger partial charge in [0.1, 0.15) is 17.2 Å². The molecule has 0 bridgehead atoms. The van der Waals surface area contributed by atoms with Gasteiger partial charge in [-0.05, 0) is 37.2 Å². The predicted octanol–water partition coefficient (Wildman–Crippen LogP) is 5.06. The van der Waals surface area contributed by atoms with Crippen molar-refractivity contribution in [3.8, 4) is 38.8 Å². The maximum Gasteiger partial charge on any atom is 0.139 e. The van der Waals surface area contributed by atoms with E-state index in [2.05, 4.69) is 18.2 Å². The predicted molar refractivity (Wildman–Crippen MR) is 105 cm³/mol. The van der Waals surface area contributed by atoms with Crippen LogP contribution in [0.2, 0.25) is 0 Å². The summed E-state index contributed by atoms with van der Waals surface area (Å²) in [5, 5.41) is 0. The molecule has 1 aliphatic rings. The van der Waals surface area contributed by atoms with Gasteiger partial charge in [-0.3, -0.25) is 0 Å². The monoisotopic (exact) mass is 367 g/mol. The first-order valence-corrected chi connectivity index (χ1v) is 9.48. The molecule has 2 N–H and O–H groups in total. The van der Waals surface area contributed by atoms with Crippen molar-refractivity contribution in [2.75, 3.05) is 20.3 Å². The van der Waals surface area contributed by atoms with E-state index in [0.29, 0.717) is 19.8 Å². The van der Waals surface area contributed by atoms with Gasteiger partial charge in [0.15, 0.2) is 0 Å². The zero-order valence-electron chi connectivity index (χ0n) is 14.7. The summed E-state index contributed by atoms with van der Waals surface area (Å²) in [5.41, 5.74) is 8.90. The number of nitrogens with two attached hydrogens (primary N) is 1. The second-order valence-electron chi connectivity index (χ2n) is 6.11. The van der Waals surface area contributed by atoms with Gasteiger partial charge in [0.2, 0.25) is 0 Å². The molecular formula is C21H21NO3S. The van der Waals surface area contributed by atoms with Crippen LogP contribution >= 0.6 is 11.3 Å².